The largest absolute Gasteiger partial charge is 0.478 e. The zero-order valence-electron chi connectivity index (χ0n) is 28.3. The molecule has 0 aliphatic heterocycles. The molecular weight excluding hydrogens is 657 g/mol. The summed E-state index contributed by atoms with van der Waals surface area (Å²) in [6.45, 7) is 4.50. The van der Waals surface area contributed by atoms with Crippen LogP contribution in [0.5, 0.6) is 0 Å². The van der Waals surface area contributed by atoms with Gasteiger partial charge in [0.05, 0.1) is 0 Å². The van der Waals surface area contributed by atoms with Crippen molar-refractivity contribution in [1.29, 1.82) is 0 Å². The van der Waals surface area contributed by atoms with E-state index in [4.69, 9.17) is 10.2 Å². The molecule has 0 unspecified atom stereocenters. The summed E-state index contributed by atoms with van der Waals surface area (Å²) in [6.07, 6.45) is 57.5. The van der Waals surface area contributed by atoms with Gasteiger partial charge in [-0.05, 0) is 25.7 Å². The van der Waals surface area contributed by atoms with Crippen molar-refractivity contribution in [1.82, 2.24) is 0 Å². The van der Waals surface area contributed by atoms with E-state index in [2.05, 4.69) is 38.2 Å². The van der Waals surface area contributed by atoms with Crippen molar-refractivity contribution in [2.75, 3.05) is 0 Å². The van der Waals surface area contributed by atoms with Crippen LogP contribution < -0.4 is 0 Å². The third kappa shape index (κ3) is 51.2. The van der Waals surface area contributed by atoms with Crippen molar-refractivity contribution in [2.24, 2.45) is 0 Å². The molecule has 246 valence electrons. The number of rotatable bonds is 26. The van der Waals surface area contributed by atoms with Gasteiger partial charge in [0.15, 0.2) is 0 Å². The minimum Gasteiger partial charge on any atom is -0.478 e. The Balaban J connectivity index is -0.000000767. The molecule has 2 N–H and O–H groups in total. The van der Waals surface area contributed by atoms with Gasteiger partial charge in [-0.25, -0.2) is 9.59 Å². The van der Waals surface area contributed by atoms with Crippen LogP contribution in [0.3, 0.4) is 0 Å². The first-order valence-electron chi connectivity index (χ1n) is 16.7. The Morgan fingerprint density at radius 3 is 0.911 bits per heavy atom. The van der Waals surface area contributed by atoms with Gasteiger partial charge >= 0.3 is 11.9 Å². The van der Waals surface area contributed by atoms with Crippen LogP contribution in [-0.4, -0.2) is 22.2 Å². The second-order valence-corrected chi connectivity index (χ2v) is 10.4. The maximum absolute atomic E-state index is 10.2. The third-order valence-corrected chi connectivity index (χ3v) is 6.25. The quantitative estimate of drug-likeness (QED) is 0.0404. The van der Waals surface area contributed by atoms with E-state index in [-0.39, 0.29) is 27.3 Å². The first-order valence-corrected chi connectivity index (χ1v) is 16.7. The van der Waals surface area contributed by atoms with Gasteiger partial charge in [-0.15, -0.1) is 0 Å². The smallest absolute Gasteiger partial charge is 0.328 e. The summed E-state index contributed by atoms with van der Waals surface area (Å²) in [5, 5.41) is 16.8. The Morgan fingerprint density at radius 1 is 0.378 bits per heavy atom. The number of carbonyl (C=O) groups is 2. The molecule has 0 aromatic carbocycles. The van der Waals surface area contributed by atoms with Gasteiger partial charge in [0.1, 0.15) is 0 Å². The molecule has 4 nitrogen and oxygen atoms in total. The molecule has 0 aromatic heterocycles. The zero-order valence-corrected chi connectivity index (χ0v) is 32.3. The molecule has 0 radical (unpaired) electrons. The summed E-state index contributed by atoms with van der Waals surface area (Å²) in [5.74, 6) is -1.86. The number of aliphatic carboxylic acids is 2. The third-order valence-electron chi connectivity index (χ3n) is 6.25. The van der Waals surface area contributed by atoms with Crippen LogP contribution in [0.2, 0.25) is 0 Å². The first kappa shape index (κ1) is 46.7. The predicted octanol–water partition coefficient (Wildman–Crippen LogP) is 12.0. The normalized spacial score (nSPS) is 12.5. The standard InChI is InChI=1S/2C20H30O2.Cd/c2*1-2-3-4-5-6-7-8-9-10-11-12-13-14-15-16-17-18-19-20(21)22;/h2*10-19H,2-9H2,1H3,(H,21,22);. The number of allylic oxidation sites excluding steroid dienone is 18. The molecule has 0 fully saturated rings. The number of carboxylic acid groups (broad SMARTS) is 2. The average Bonchev–Trinajstić information content (AvgIpc) is 3.00. The number of hydrogen-bond donors (Lipinski definition) is 2. The SMILES string of the molecule is CCCCCCCCCC=CC=CC=CC=CC=CC(=O)O.CCCCCCCCCC=CC=CC=CC=CC=CC(=O)O.[Cd]. The maximum atomic E-state index is 10.2. The molecule has 0 amide bonds. The topological polar surface area (TPSA) is 74.6 Å². The van der Waals surface area contributed by atoms with Crippen molar-refractivity contribution in [3.8, 4) is 0 Å². The Kier molecular flexibility index (Phi) is 45.0. The fourth-order valence-corrected chi connectivity index (χ4v) is 3.83. The summed E-state index contributed by atoms with van der Waals surface area (Å²) in [7, 11) is 0. The molecule has 0 aliphatic rings. The summed E-state index contributed by atoms with van der Waals surface area (Å²) in [4.78, 5) is 20.4. The minimum absolute atomic E-state index is 0. The predicted molar refractivity (Wildman–Crippen MR) is 192 cm³/mol. The fourth-order valence-electron chi connectivity index (χ4n) is 3.83. The average molecular weight is 717 g/mol. The van der Waals surface area contributed by atoms with Crippen molar-refractivity contribution in [2.45, 2.75) is 117 Å². The maximum Gasteiger partial charge on any atom is 0.328 e. The van der Waals surface area contributed by atoms with Gasteiger partial charge in [-0.1, -0.05) is 200 Å². The molecule has 0 bridgehead atoms. The van der Waals surface area contributed by atoms with E-state index in [9.17, 15) is 9.59 Å². The second-order valence-electron chi connectivity index (χ2n) is 10.4. The number of unbranched alkanes of at least 4 members (excludes halogenated alkanes) is 14. The van der Waals surface area contributed by atoms with E-state index in [1.165, 1.54) is 102 Å². The molecular formula is C40H60CdO4. The van der Waals surface area contributed by atoms with E-state index in [1.54, 1.807) is 24.3 Å². The van der Waals surface area contributed by atoms with Crippen LogP contribution >= 0.6 is 0 Å². The molecule has 0 saturated heterocycles. The Morgan fingerprint density at radius 2 is 0.622 bits per heavy atom. The molecule has 0 heterocycles. The van der Waals surface area contributed by atoms with Crippen LogP contribution in [0.4, 0.5) is 0 Å². The second kappa shape index (κ2) is 43.4. The van der Waals surface area contributed by atoms with Crippen molar-refractivity contribution in [3.05, 3.63) is 122 Å². The molecule has 5 heteroatoms. The fraction of sp³-hybridized carbons (Fsp3) is 0.450. The monoisotopic (exact) mass is 718 g/mol. The Bertz CT molecular complexity index is 881. The van der Waals surface area contributed by atoms with E-state index in [0.717, 1.165) is 25.0 Å². The van der Waals surface area contributed by atoms with Crippen LogP contribution in [0.25, 0.3) is 0 Å². The van der Waals surface area contributed by atoms with E-state index < -0.39 is 11.9 Å². The van der Waals surface area contributed by atoms with E-state index >= 15 is 0 Å². The number of carboxylic acids is 2. The van der Waals surface area contributed by atoms with Gasteiger partial charge in [-0.2, -0.15) is 0 Å². The van der Waals surface area contributed by atoms with Crippen LogP contribution in [0.1, 0.15) is 117 Å². The molecule has 0 spiro atoms. The molecule has 0 aliphatic carbocycles. The van der Waals surface area contributed by atoms with Crippen LogP contribution in [-0.2, 0) is 36.9 Å². The summed E-state index contributed by atoms with van der Waals surface area (Å²) < 4.78 is 0. The van der Waals surface area contributed by atoms with Crippen molar-refractivity contribution in [3.63, 3.8) is 0 Å². The summed E-state index contributed by atoms with van der Waals surface area (Å²) in [5.41, 5.74) is 0. The summed E-state index contributed by atoms with van der Waals surface area (Å²) in [6, 6.07) is 0. The van der Waals surface area contributed by atoms with Crippen molar-refractivity contribution < 1.29 is 47.1 Å². The van der Waals surface area contributed by atoms with Crippen LogP contribution in [0, 0.1) is 0 Å². The molecule has 0 atom stereocenters. The van der Waals surface area contributed by atoms with E-state index in [0.29, 0.717) is 0 Å². The van der Waals surface area contributed by atoms with E-state index in [1.807, 2.05) is 48.6 Å². The molecule has 0 aromatic rings. The molecule has 0 rings (SSSR count). The van der Waals surface area contributed by atoms with Gasteiger partial charge in [0, 0.05) is 39.5 Å². The minimum atomic E-state index is -0.931. The van der Waals surface area contributed by atoms with Crippen molar-refractivity contribution >= 4 is 11.9 Å². The van der Waals surface area contributed by atoms with Gasteiger partial charge < -0.3 is 10.2 Å². The summed E-state index contributed by atoms with van der Waals surface area (Å²) >= 11 is 0. The van der Waals surface area contributed by atoms with Gasteiger partial charge in [0.25, 0.3) is 0 Å². The number of hydrogen-bond acceptors (Lipinski definition) is 2. The van der Waals surface area contributed by atoms with Gasteiger partial charge in [0.2, 0.25) is 0 Å². The van der Waals surface area contributed by atoms with Gasteiger partial charge in [-0.3, -0.25) is 0 Å². The molecule has 45 heavy (non-hydrogen) atoms. The Labute approximate surface area is 295 Å². The van der Waals surface area contributed by atoms with Crippen LogP contribution in [0.15, 0.2) is 122 Å². The Hall–Kier alpha value is -2.74. The first-order chi connectivity index (χ1) is 21.5. The molecule has 0 saturated carbocycles. The zero-order chi connectivity index (χ0) is 32.6.